The molecule has 102 valence electrons. The second kappa shape index (κ2) is 6.90. The molecule has 6 N–H and O–H groups in total. The number of amides is 1. The molecule has 17 heavy (non-hydrogen) atoms. The van der Waals surface area contributed by atoms with Gasteiger partial charge in [0.2, 0.25) is 5.91 Å². The minimum Gasteiger partial charge on any atom is -0.394 e. The van der Waals surface area contributed by atoms with E-state index in [4.69, 9.17) is 21.1 Å². The molecule has 0 bridgehead atoms. The van der Waals surface area contributed by atoms with E-state index in [1.54, 1.807) is 0 Å². The average Bonchev–Trinajstić information content (AvgIpc) is 2.34. The molecular formula is C11H24N2O4. The summed E-state index contributed by atoms with van der Waals surface area (Å²) < 4.78 is 0. The van der Waals surface area contributed by atoms with Crippen LogP contribution in [-0.4, -0.2) is 52.1 Å². The van der Waals surface area contributed by atoms with E-state index in [0.29, 0.717) is 6.42 Å². The van der Waals surface area contributed by atoms with Gasteiger partial charge in [-0.3, -0.25) is 4.79 Å². The number of nitrogens with one attached hydrogen (secondary N) is 1. The van der Waals surface area contributed by atoms with Gasteiger partial charge in [-0.25, -0.2) is 0 Å². The Labute approximate surface area is 102 Å². The maximum absolute atomic E-state index is 11.6. The lowest BCUT2D eigenvalue weighted by atomic mass is 9.93. The summed E-state index contributed by atoms with van der Waals surface area (Å²) in [6.07, 6.45) is 1.46. The van der Waals surface area contributed by atoms with Crippen molar-refractivity contribution < 1.29 is 20.1 Å². The number of aliphatic hydroxyl groups excluding tert-OH is 3. The van der Waals surface area contributed by atoms with Crippen molar-refractivity contribution in [1.82, 2.24) is 5.32 Å². The number of carbonyl (C=O) groups excluding carboxylic acids is 1. The standard InChI is InChI=1S/C11H24N2O4/c1-3-10(2,12)5-4-9(17)13-11(6-14,7-15)8-16/h14-16H,3-8,12H2,1-2H3,(H,13,17). The first-order chi connectivity index (χ1) is 7.84. The molecule has 0 fully saturated rings. The van der Waals surface area contributed by atoms with Crippen LogP contribution in [0, 0.1) is 0 Å². The third-order valence-electron chi connectivity index (χ3n) is 3.04. The van der Waals surface area contributed by atoms with Crippen LogP contribution in [0.2, 0.25) is 0 Å². The zero-order valence-electron chi connectivity index (χ0n) is 10.6. The first kappa shape index (κ1) is 16.3. The molecule has 0 aliphatic heterocycles. The van der Waals surface area contributed by atoms with E-state index >= 15 is 0 Å². The number of aliphatic hydroxyl groups is 3. The smallest absolute Gasteiger partial charge is 0.220 e. The molecule has 0 saturated carbocycles. The molecule has 0 rings (SSSR count). The van der Waals surface area contributed by atoms with E-state index < -0.39 is 30.9 Å². The molecule has 6 heteroatoms. The normalized spacial score (nSPS) is 15.4. The highest BCUT2D eigenvalue weighted by atomic mass is 16.3. The molecule has 0 saturated heterocycles. The Balaban J connectivity index is 4.26. The summed E-state index contributed by atoms with van der Waals surface area (Å²) in [5.74, 6) is -0.340. The van der Waals surface area contributed by atoms with Crippen LogP contribution in [0.3, 0.4) is 0 Å². The topological polar surface area (TPSA) is 116 Å². The molecule has 6 nitrogen and oxygen atoms in total. The molecular weight excluding hydrogens is 224 g/mol. The van der Waals surface area contributed by atoms with Gasteiger partial charge >= 0.3 is 0 Å². The summed E-state index contributed by atoms with van der Waals surface area (Å²) >= 11 is 0. The molecule has 0 aromatic rings. The molecule has 1 unspecified atom stereocenters. The maximum Gasteiger partial charge on any atom is 0.220 e. The molecule has 0 heterocycles. The Morgan fingerprint density at radius 1 is 1.24 bits per heavy atom. The quantitative estimate of drug-likeness (QED) is 0.367. The van der Waals surface area contributed by atoms with Gasteiger partial charge in [0.05, 0.1) is 19.8 Å². The summed E-state index contributed by atoms with van der Waals surface area (Å²) in [7, 11) is 0. The van der Waals surface area contributed by atoms with Crippen molar-refractivity contribution in [3.05, 3.63) is 0 Å². The van der Waals surface area contributed by atoms with Crippen molar-refractivity contribution in [3.63, 3.8) is 0 Å². The second-order valence-corrected chi connectivity index (χ2v) is 4.81. The first-order valence-corrected chi connectivity index (χ1v) is 5.77. The van der Waals surface area contributed by atoms with E-state index in [9.17, 15) is 4.79 Å². The lowest BCUT2D eigenvalue weighted by Gasteiger charge is -2.29. The zero-order valence-corrected chi connectivity index (χ0v) is 10.6. The third-order valence-corrected chi connectivity index (χ3v) is 3.04. The SMILES string of the molecule is CCC(C)(N)CCC(=O)NC(CO)(CO)CO. The van der Waals surface area contributed by atoms with Crippen molar-refractivity contribution >= 4 is 5.91 Å². The van der Waals surface area contributed by atoms with Crippen LogP contribution in [0.4, 0.5) is 0 Å². The first-order valence-electron chi connectivity index (χ1n) is 5.77. The molecule has 1 amide bonds. The van der Waals surface area contributed by atoms with Gasteiger partial charge in [-0.05, 0) is 19.8 Å². The van der Waals surface area contributed by atoms with Crippen LogP contribution < -0.4 is 11.1 Å². The molecule has 0 aliphatic carbocycles. The van der Waals surface area contributed by atoms with Crippen LogP contribution in [0.15, 0.2) is 0 Å². The van der Waals surface area contributed by atoms with Gasteiger partial charge in [0.15, 0.2) is 0 Å². The number of hydrogen-bond acceptors (Lipinski definition) is 5. The molecule has 0 radical (unpaired) electrons. The third kappa shape index (κ3) is 5.45. The highest BCUT2D eigenvalue weighted by Crippen LogP contribution is 2.13. The maximum atomic E-state index is 11.6. The van der Waals surface area contributed by atoms with Crippen molar-refractivity contribution in [2.45, 2.75) is 44.2 Å². The summed E-state index contributed by atoms with van der Waals surface area (Å²) in [6.45, 7) is 2.26. The Kier molecular flexibility index (Phi) is 6.62. The van der Waals surface area contributed by atoms with Crippen LogP contribution in [0.25, 0.3) is 0 Å². The van der Waals surface area contributed by atoms with E-state index in [1.165, 1.54) is 0 Å². The average molecular weight is 248 g/mol. The van der Waals surface area contributed by atoms with Gasteiger partial charge in [-0.15, -0.1) is 0 Å². The summed E-state index contributed by atoms with van der Waals surface area (Å²) in [4.78, 5) is 11.6. The Morgan fingerprint density at radius 2 is 1.71 bits per heavy atom. The van der Waals surface area contributed by atoms with Crippen LogP contribution >= 0.6 is 0 Å². The Bertz CT molecular complexity index is 231. The molecule has 1 atom stereocenters. The van der Waals surface area contributed by atoms with Crippen LogP contribution in [0.1, 0.15) is 33.1 Å². The predicted molar refractivity (Wildman–Crippen MR) is 64.2 cm³/mol. The fourth-order valence-corrected chi connectivity index (χ4v) is 1.20. The minimum atomic E-state index is -1.35. The van der Waals surface area contributed by atoms with E-state index in [2.05, 4.69) is 5.32 Å². The lowest BCUT2D eigenvalue weighted by Crippen LogP contribution is -2.57. The highest BCUT2D eigenvalue weighted by molar-refractivity contribution is 5.77. The minimum absolute atomic E-state index is 0.197. The highest BCUT2D eigenvalue weighted by Gasteiger charge is 2.30. The van der Waals surface area contributed by atoms with Crippen molar-refractivity contribution in [2.75, 3.05) is 19.8 Å². The van der Waals surface area contributed by atoms with Gasteiger partial charge < -0.3 is 26.4 Å². The lowest BCUT2D eigenvalue weighted by molar-refractivity contribution is -0.125. The molecule has 0 aromatic carbocycles. The van der Waals surface area contributed by atoms with Crippen molar-refractivity contribution in [2.24, 2.45) is 5.73 Å². The summed E-state index contributed by atoms with van der Waals surface area (Å²) in [5.41, 5.74) is 4.14. The molecule has 0 spiro atoms. The van der Waals surface area contributed by atoms with Gasteiger partial charge in [-0.1, -0.05) is 6.92 Å². The number of carbonyl (C=O) groups is 1. The van der Waals surface area contributed by atoms with Crippen molar-refractivity contribution in [3.8, 4) is 0 Å². The second-order valence-electron chi connectivity index (χ2n) is 4.81. The Hall–Kier alpha value is -0.690. The van der Waals surface area contributed by atoms with Crippen LogP contribution in [0.5, 0.6) is 0 Å². The number of hydrogen-bond donors (Lipinski definition) is 5. The fraction of sp³-hybridized carbons (Fsp3) is 0.909. The van der Waals surface area contributed by atoms with Gasteiger partial charge in [-0.2, -0.15) is 0 Å². The number of rotatable bonds is 8. The van der Waals surface area contributed by atoms with Gasteiger partial charge in [0.25, 0.3) is 0 Å². The van der Waals surface area contributed by atoms with Gasteiger partial charge in [0.1, 0.15) is 5.54 Å². The largest absolute Gasteiger partial charge is 0.394 e. The van der Waals surface area contributed by atoms with E-state index in [1.807, 2.05) is 13.8 Å². The summed E-state index contributed by atoms with van der Waals surface area (Å²) in [6, 6.07) is 0. The zero-order chi connectivity index (χ0) is 13.5. The van der Waals surface area contributed by atoms with Crippen molar-refractivity contribution in [1.29, 1.82) is 0 Å². The monoisotopic (exact) mass is 248 g/mol. The van der Waals surface area contributed by atoms with Crippen LogP contribution in [-0.2, 0) is 4.79 Å². The predicted octanol–water partition coefficient (Wildman–Crippen LogP) is -1.27. The van der Waals surface area contributed by atoms with E-state index in [-0.39, 0.29) is 12.3 Å². The fourth-order valence-electron chi connectivity index (χ4n) is 1.20. The van der Waals surface area contributed by atoms with Gasteiger partial charge in [0, 0.05) is 12.0 Å². The Morgan fingerprint density at radius 3 is 2.06 bits per heavy atom. The molecule has 0 aliphatic rings. The number of nitrogens with two attached hydrogens (primary N) is 1. The van der Waals surface area contributed by atoms with E-state index in [0.717, 1.165) is 6.42 Å². The summed E-state index contributed by atoms with van der Waals surface area (Å²) in [5, 5.41) is 29.6. The molecule has 0 aromatic heterocycles.